The highest BCUT2D eigenvalue weighted by Gasteiger charge is 2.04. The van der Waals surface area contributed by atoms with Crippen LogP contribution in [0.1, 0.15) is 13.8 Å². The van der Waals surface area contributed by atoms with Crippen LogP contribution in [0.15, 0.2) is 30.5 Å². The number of alkyl halides is 1. The molecule has 0 spiro atoms. The van der Waals surface area contributed by atoms with Crippen LogP contribution in [0, 0.1) is 0 Å². The van der Waals surface area contributed by atoms with Crippen molar-refractivity contribution in [2.45, 2.75) is 20.0 Å². The minimum Gasteiger partial charge on any atom is -0.473 e. The summed E-state index contributed by atoms with van der Waals surface area (Å²) >= 11 is 5.53. The second-order valence-electron chi connectivity index (χ2n) is 3.53. The van der Waals surface area contributed by atoms with E-state index in [1.807, 2.05) is 38.1 Å². The second kappa shape index (κ2) is 7.12. The number of pyridine rings is 1. The molecule has 0 saturated carbocycles. The maximum atomic E-state index is 5.58. The quantitative estimate of drug-likeness (QED) is 0.613. The first-order chi connectivity index (χ1) is 7.74. The van der Waals surface area contributed by atoms with Gasteiger partial charge in [-0.25, -0.2) is 4.98 Å². The Morgan fingerprint density at radius 2 is 2.31 bits per heavy atom. The van der Waals surface area contributed by atoms with Crippen molar-refractivity contribution in [1.82, 2.24) is 4.98 Å². The standard InChI is InChI=1S/C12H17ClN2O/c1-10(2)16-12-11(6-5-9-15-12)14-8-4-3-7-13/h3-6,9-10,14H,7-8H2,1-2H3/b4-3+. The summed E-state index contributed by atoms with van der Waals surface area (Å²) in [6, 6.07) is 3.82. The van der Waals surface area contributed by atoms with E-state index >= 15 is 0 Å². The predicted molar refractivity (Wildman–Crippen MR) is 68.4 cm³/mol. The van der Waals surface area contributed by atoms with Gasteiger partial charge in [0.1, 0.15) is 0 Å². The molecule has 1 aromatic rings. The lowest BCUT2D eigenvalue weighted by molar-refractivity contribution is 0.234. The monoisotopic (exact) mass is 240 g/mol. The van der Waals surface area contributed by atoms with E-state index in [1.165, 1.54) is 0 Å². The second-order valence-corrected chi connectivity index (χ2v) is 3.84. The summed E-state index contributed by atoms with van der Waals surface area (Å²) in [7, 11) is 0. The fourth-order valence-corrected chi connectivity index (χ4v) is 1.28. The molecule has 0 amide bonds. The maximum Gasteiger partial charge on any atom is 0.237 e. The Morgan fingerprint density at radius 1 is 1.50 bits per heavy atom. The minimum absolute atomic E-state index is 0.119. The zero-order chi connectivity index (χ0) is 11.8. The molecule has 0 atom stereocenters. The summed E-state index contributed by atoms with van der Waals surface area (Å²) in [5.41, 5.74) is 0.899. The highest BCUT2D eigenvalue weighted by atomic mass is 35.5. The van der Waals surface area contributed by atoms with Crippen molar-refractivity contribution in [3.8, 4) is 5.88 Å². The van der Waals surface area contributed by atoms with Gasteiger partial charge in [-0.1, -0.05) is 12.2 Å². The first-order valence-corrected chi connectivity index (χ1v) is 5.84. The zero-order valence-electron chi connectivity index (χ0n) is 9.61. The molecule has 1 rings (SSSR count). The van der Waals surface area contributed by atoms with Crippen molar-refractivity contribution in [3.63, 3.8) is 0 Å². The van der Waals surface area contributed by atoms with E-state index in [4.69, 9.17) is 16.3 Å². The van der Waals surface area contributed by atoms with Crippen LogP contribution in [0.2, 0.25) is 0 Å². The number of nitrogens with zero attached hydrogens (tertiary/aromatic N) is 1. The number of hydrogen-bond acceptors (Lipinski definition) is 3. The molecule has 0 bridgehead atoms. The van der Waals surface area contributed by atoms with Crippen molar-refractivity contribution in [3.05, 3.63) is 30.5 Å². The molecular weight excluding hydrogens is 224 g/mol. The van der Waals surface area contributed by atoms with Crippen molar-refractivity contribution < 1.29 is 4.74 Å². The van der Waals surface area contributed by atoms with Gasteiger partial charge in [0.2, 0.25) is 5.88 Å². The molecule has 1 N–H and O–H groups in total. The number of rotatable bonds is 6. The molecule has 88 valence electrons. The van der Waals surface area contributed by atoms with E-state index in [-0.39, 0.29) is 6.10 Å². The van der Waals surface area contributed by atoms with Crippen molar-refractivity contribution >= 4 is 17.3 Å². The van der Waals surface area contributed by atoms with E-state index in [0.29, 0.717) is 18.3 Å². The Bertz CT molecular complexity index is 340. The molecule has 1 aromatic heterocycles. The number of ether oxygens (including phenoxy) is 1. The van der Waals surface area contributed by atoms with Gasteiger partial charge in [-0.05, 0) is 26.0 Å². The molecule has 0 unspecified atom stereocenters. The number of hydrogen-bond donors (Lipinski definition) is 1. The highest BCUT2D eigenvalue weighted by Crippen LogP contribution is 2.21. The van der Waals surface area contributed by atoms with Crippen LogP contribution >= 0.6 is 11.6 Å². The lowest BCUT2D eigenvalue weighted by Crippen LogP contribution is -2.10. The number of aromatic nitrogens is 1. The van der Waals surface area contributed by atoms with Gasteiger partial charge in [-0.15, -0.1) is 11.6 Å². The molecule has 16 heavy (non-hydrogen) atoms. The fraction of sp³-hybridized carbons (Fsp3) is 0.417. The van der Waals surface area contributed by atoms with Gasteiger partial charge in [0.15, 0.2) is 0 Å². The van der Waals surface area contributed by atoms with E-state index in [0.717, 1.165) is 5.69 Å². The molecule has 0 saturated heterocycles. The van der Waals surface area contributed by atoms with Crippen molar-refractivity contribution in [1.29, 1.82) is 0 Å². The number of nitrogens with one attached hydrogen (secondary N) is 1. The van der Waals surface area contributed by atoms with Crippen LogP contribution in [0.25, 0.3) is 0 Å². The van der Waals surface area contributed by atoms with Crippen LogP contribution in [-0.2, 0) is 0 Å². The first-order valence-electron chi connectivity index (χ1n) is 5.30. The summed E-state index contributed by atoms with van der Waals surface area (Å²) in [5, 5.41) is 3.22. The molecule has 0 fully saturated rings. The predicted octanol–water partition coefficient (Wildman–Crippen LogP) is 3.08. The third-order valence-electron chi connectivity index (χ3n) is 1.78. The third kappa shape index (κ3) is 4.53. The third-order valence-corrected chi connectivity index (χ3v) is 1.96. The topological polar surface area (TPSA) is 34.1 Å². The summed E-state index contributed by atoms with van der Waals surface area (Å²) in [5.74, 6) is 1.17. The van der Waals surface area contributed by atoms with E-state index < -0.39 is 0 Å². The van der Waals surface area contributed by atoms with Crippen molar-refractivity contribution in [2.75, 3.05) is 17.7 Å². The Labute approximate surface area is 101 Å². The first kappa shape index (κ1) is 12.8. The number of halogens is 1. The molecule has 0 aliphatic heterocycles. The van der Waals surface area contributed by atoms with Gasteiger partial charge >= 0.3 is 0 Å². The lowest BCUT2D eigenvalue weighted by Gasteiger charge is -2.13. The Kier molecular flexibility index (Phi) is 5.72. The normalized spacial score (nSPS) is 11.0. The van der Waals surface area contributed by atoms with Crippen LogP contribution in [0.5, 0.6) is 5.88 Å². The van der Waals surface area contributed by atoms with Crippen LogP contribution in [-0.4, -0.2) is 23.5 Å². The molecular formula is C12H17ClN2O. The molecule has 0 radical (unpaired) electrons. The largest absolute Gasteiger partial charge is 0.473 e. The number of allylic oxidation sites excluding steroid dienone is 1. The lowest BCUT2D eigenvalue weighted by atomic mass is 10.4. The van der Waals surface area contributed by atoms with E-state index in [2.05, 4.69) is 10.3 Å². The van der Waals surface area contributed by atoms with E-state index in [1.54, 1.807) is 6.20 Å². The van der Waals surface area contributed by atoms with Crippen molar-refractivity contribution in [2.24, 2.45) is 0 Å². The Hall–Kier alpha value is -1.22. The maximum absolute atomic E-state index is 5.58. The van der Waals surface area contributed by atoms with E-state index in [9.17, 15) is 0 Å². The molecule has 0 aliphatic carbocycles. The SMILES string of the molecule is CC(C)Oc1ncccc1NC/C=C/CCl. The van der Waals surface area contributed by atoms with Gasteiger partial charge < -0.3 is 10.1 Å². The average molecular weight is 241 g/mol. The van der Waals surface area contributed by atoms with Gasteiger partial charge in [0.05, 0.1) is 11.8 Å². The Morgan fingerprint density at radius 3 is 3.00 bits per heavy atom. The molecule has 3 nitrogen and oxygen atoms in total. The molecule has 4 heteroatoms. The van der Waals surface area contributed by atoms with Gasteiger partial charge in [-0.3, -0.25) is 0 Å². The molecule has 1 heterocycles. The number of anilines is 1. The summed E-state index contributed by atoms with van der Waals surface area (Å²) in [6.45, 7) is 4.67. The fourth-order valence-electron chi connectivity index (χ4n) is 1.16. The molecule has 0 aromatic carbocycles. The Balaban J connectivity index is 2.60. The van der Waals surface area contributed by atoms with Crippen LogP contribution in [0.3, 0.4) is 0 Å². The molecule has 0 aliphatic rings. The van der Waals surface area contributed by atoms with Crippen LogP contribution < -0.4 is 10.1 Å². The highest BCUT2D eigenvalue weighted by molar-refractivity contribution is 6.18. The minimum atomic E-state index is 0.119. The van der Waals surface area contributed by atoms with Crippen LogP contribution in [0.4, 0.5) is 5.69 Å². The smallest absolute Gasteiger partial charge is 0.237 e. The average Bonchev–Trinajstić information content (AvgIpc) is 2.26. The van der Waals surface area contributed by atoms with Gasteiger partial charge in [-0.2, -0.15) is 0 Å². The summed E-state index contributed by atoms with van der Waals surface area (Å²) in [6.07, 6.45) is 5.71. The summed E-state index contributed by atoms with van der Waals surface area (Å²) in [4.78, 5) is 4.18. The van der Waals surface area contributed by atoms with Gasteiger partial charge in [0.25, 0.3) is 0 Å². The zero-order valence-corrected chi connectivity index (χ0v) is 10.4. The van der Waals surface area contributed by atoms with Gasteiger partial charge in [0, 0.05) is 18.6 Å². The summed E-state index contributed by atoms with van der Waals surface area (Å²) < 4.78 is 5.58.